The van der Waals surface area contributed by atoms with E-state index < -0.39 is 0 Å². The number of aromatic nitrogens is 2. The summed E-state index contributed by atoms with van der Waals surface area (Å²) in [5, 5.41) is 8.35. The Bertz CT molecular complexity index is 949. The Hall–Kier alpha value is -3.15. The van der Waals surface area contributed by atoms with Crippen molar-refractivity contribution in [3.05, 3.63) is 48.0 Å². The molecule has 1 aliphatic rings. The standard InChI is InChI=1S/C20H21N3O3/c1-24-13-8-9-17(25-2)15(12-13)19-14-10-11-21-20(14)23(22-19)16-6-4-5-7-18(16)26-3/h4-9,12,21H,10-11H2,1-3H3. The monoisotopic (exact) mass is 351 g/mol. The van der Waals surface area contributed by atoms with Crippen LogP contribution in [0.2, 0.25) is 0 Å². The van der Waals surface area contributed by atoms with Crippen LogP contribution >= 0.6 is 0 Å². The van der Waals surface area contributed by atoms with Crippen LogP contribution in [-0.4, -0.2) is 37.7 Å². The normalized spacial score (nSPS) is 12.4. The molecular formula is C20H21N3O3. The summed E-state index contributed by atoms with van der Waals surface area (Å²) in [7, 11) is 4.99. The highest BCUT2D eigenvalue weighted by molar-refractivity contribution is 5.78. The second kappa shape index (κ2) is 6.63. The molecule has 26 heavy (non-hydrogen) atoms. The van der Waals surface area contributed by atoms with Gasteiger partial charge in [-0.3, -0.25) is 0 Å². The smallest absolute Gasteiger partial charge is 0.144 e. The first-order valence-corrected chi connectivity index (χ1v) is 8.48. The van der Waals surface area contributed by atoms with Gasteiger partial charge in [0.05, 0.1) is 21.3 Å². The van der Waals surface area contributed by atoms with Crippen molar-refractivity contribution in [1.82, 2.24) is 9.78 Å². The minimum atomic E-state index is 0.769. The number of hydrogen-bond acceptors (Lipinski definition) is 5. The maximum Gasteiger partial charge on any atom is 0.144 e. The van der Waals surface area contributed by atoms with Gasteiger partial charge in [-0.15, -0.1) is 0 Å². The number of rotatable bonds is 5. The van der Waals surface area contributed by atoms with Crippen molar-refractivity contribution in [3.63, 3.8) is 0 Å². The zero-order chi connectivity index (χ0) is 18.1. The lowest BCUT2D eigenvalue weighted by Crippen LogP contribution is -2.05. The van der Waals surface area contributed by atoms with Gasteiger partial charge in [-0.1, -0.05) is 12.1 Å². The second-order valence-electron chi connectivity index (χ2n) is 6.00. The van der Waals surface area contributed by atoms with Gasteiger partial charge in [-0.2, -0.15) is 5.10 Å². The number of hydrogen-bond donors (Lipinski definition) is 1. The minimum absolute atomic E-state index is 0.769. The lowest BCUT2D eigenvalue weighted by Gasteiger charge is -2.11. The van der Waals surface area contributed by atoms with Crippen molar-refractivity contribution in [2.75, 3.05) is 33.2 Å². The van der Waals surface area contributed by atoms with Gasteiger partial charge in [0.1, 0.15) is 34.4 Å². The van der Waals surface area contributed by atoms with Gasteiger partial charge in [0.25, 0.3) is 0 Å². The topological polar surface area (TPSA) is 57.5 Å². The summed E-state index contributed by atoms with van der Waals surface area (Å²) < 4.78 is 18.4. The van der Waals surface area contributed by atoms with Gasteiger partial charge in [0.2, 0.25) is 0 Å². The maximum atomic E-state index is 5.57. The van der Waals surface area contributed by atoms with Crippen molar-refractivity contribution < 1.29 is 14.2 Å². The molecule has 0 bridgehead atoms. The van der Waals surface area contributed by atoms with Gasteiger partial charge in [-0.05, 0) is 36.8 Å². The predicted octanol–water partition coefficient (Wildman–Crippen LogP) is 3.53. The van der Waals surface area contributed by atoms with Crippen LogP contribution in [0.4, 0.5) is 5.82 Å². The quantitative estimate of drug-likeness (QED) is 0.762. The van der Waals surface area contributed by atoms with Crippen molar-refractivity contribution in [2.24, 2.45) is 0 Å². The molecule has 134 valence electrons. The molecule has 0 radical (unpaired) electrons. The first kappa shape index (κ1) is 16.3. The molecule has 0 fully saturated rings. The Morgan fingerprint density at radius 1 is 0.962 bits per heavy atom. The lowest BCUT2D eigenvalue weighted by molar-refractivity contribution is 0.404. The number of anilines is 1. The van der Waals surface area contributed by atoms with E-state index in [-0.39, 0.29) is 0 Å². The summed E-state index contributed by atoms with van der Waals surface area (Å²) in [6, 6.07) is 13.6. The van der Waals surface area contributed by atoms with E-state index >= 15 is 0 Å². The number of fused-ring (bicyclic) bond motifs is 1. The molecule has 0 atom stereocenters. The van der Waals surface area contributed by atoms with E-state index in [1.54, 1.807) is 21.3 Å². The Kier molecular flexibility index (Phi) is 4.16. The van der Waals surface area contributed by atoms with Crippen molar-refractivity contribution in [1.29, 1.82) is 0 Å². The largest absolute Gasteiger partial charge is 0.497 e. The predicted molar refractivity (Wildman–Crippen MR) is 101 cm³/mol. The average molecular weight is 351 g/mol. The van der Waals surface area contributed by atoms with E-state index in [9.17, 15) is 0 Å². The SMILES string of the molecule is COc1ccc(OC)c(-c2nn(-c3ccccc3OC)c3c2CCN3)c1. The van der Waals surface area contributed by atoms with Crippen LogP contribution in [-0.2, 0) is 6.42 Å². The molecule has 1 aromatic heterocycles. The van der Waals surface area contributed by atoms with Crippen LogP contribution in [0, 0.1) is 0 Å². The summed E-state index contributed by atoms with van der Waals surface area (Å²) in [6.45, 7) is 0.877. The number of nitrogens with one attached hydrogen (secondary N) is 1. The van der Waals surface area contributed by atoms with Crippen LogP contribution in [0.1, 0.15) is 5.56 Å². The van der Waals surface area contributed by atoms with Crippen LogP contribution in [0.3, 0.4) is 0 Å². The molecule has 0 aliphatic carbocycles. The Balaban J connectivity index is 1.93. The fourth-order valence-electron chi connectivity index (χ4n) is 3.37. The van der Waals surface area contributed by atoms with Gasteiger partial charge < -0.3 is 19.5 Å². The van der Waals surface area contributed by atoms with Gasteiger partial charge in [0, 0.05) is 17.7 Å². The second-order valence-corrected chi connectivity index (χ2v) is 6.00. The molecule has 0 amide bonds. The highest BCUT2D eigenvalue weighted by Gasteiger charge is 2.26. The molecular weight excluding hydrogens is 330 g/mol. The fraction of sp³-hybridized carbons (Fsp3) is 0.250. The summed E-state index contributed by atoms with van der Waals surface area (Å²) in [5.41, 5.74) is 3.88. The third kappa shape index (κ3) is 2.54. The number of benzene rings is 2. The average Bonchev–Trinajstić information content (AvgIpc) is 3.30. The Labute approximate surface area is 152 Å². The fourth-order valence-corrected chi connectivity index (χ4v) is 3.37. The molecule has 0 unspecified atom stereocenters. The third-order valence-electron chi connectivity index (χ3n) is 4.63. The summed E-state index contributed by atoms with van der Waals surface area (Å²) in [6.07, 6.45) is 0.903. The minimum Gasteiger partial charge on any atom is -0.497 e. The van der Waals surface area contributed by atoms with Crippen LogP contribution in [0.15, 0.2) is 42.5 Å². The molecule has 3 aromatic rings. The molecule has 2 heterocycles. The highest BCUT2D eigenvalue weighted by Crippen LogP contribution is 2.41. The number of ether oxygens (including phenoxy) is 3. The maximum absolute atomic E-state index is 5.57. The van der Waals surface area contributed by atoms with Gasteiger partial charge in [-0.25, -0.2) is 4.68 Å². The van der Waals surface area contributed by atoms with Crippen LogP contribution in [0.5, 0.6) is 17.2 Å². The summed E-state index contributed by atoms with van der Waals surface area (Å²) >= 11 is 0. The summed E-state index contributed by atoms with van der Waals surface area (Å²) in [4.78, 5) is 0. The first-order chi connectivity index (χ1) is 12.8. The molecule has 1 aliphatic heterocycles. The molecule has 0 spiro atoms. The van der Waals surface area contributed by atoms with Crippen molar-refractivity contribution in [2.45, 2.75) is 6.42 Å². The third-order valence-corrected chi connectivity index (χ3v) is 4.63. The van der Waals surface area contributed by atoms with Crippen molar-refractivity contribution in [3.8, 4) is 34.2 Å². The highest BCUT2D eigenvalue weighted by atomic mass is 16.5. The van der Waals surface area contributed by atoms with Crippen LogP contribution < -0.4 is 19.5 Å². The van der Waals surface area contributed by atoms with Gasteiger partial charge >= 0.3 is 0 Å². The van der Waals surface area contributed by atoms with E-state index in [0.717, 1.165) is 53.0 Å². The van der Waals surface area contributed by atoms with Crippen LogP contribution in [0.25, 0.3) is 16.9 Å². The summed E-state index contributed by atoms with van der Waals surface area (Å²) in [5.74, 6) is 3.31. The van der Waals surface area contributed by atoms with E-state index in [4.69, 9.17) is 19.3 Å². The zero-order valence-electron chi connectivity index (χ0n) is 15.1. The molecule has 0 saturated carbocycles. The van der Waals surface area contributed by atoms with Gasteiger partial charge in [0.15, 0.2) is 0 Å². The molecule has 2 aromatic carbocycles. The van der Waals surface area contributed by atoms with Crippen molar-refractivity contribution >= 4 is 5.82 Å². The Morgan fingerprint density at radius 2 is 1.77 bits per heavy atom. The zero-order valence-corrected chi connectivity index (χ0v) is 15.1. The molecule has 6 nitrogen and oxygen atoms in total. The number of para-hydroxylation sites is 2. The molecule has 0 saturated heterocycles. The molecule has 6 heteroatoms. The van der Waals surface area contributed by atoms with E-state index in [1.807, 2.05) is 47.1 Å². The number of nitrogens with zero attached hydrogens (tertiary/aromatic N) is 2. The first-order valence-electron chi connectivity index (χ1n) is 8.48. The van der Waals surface area contributed by atoms with E-state index in [2.05, 4.69) is 5.32 Å². The van der Waals surface area contributed by atoms with E-state index in [1.165, 1.54) is 5.56 Å². The lowest BCUT2D eigenvalue weighted by atomic mass is 10.1. The Morgan fingerprint density at radius 3 is 2.54 bits per heavy atom. The molecule has 4 rings (SSSR count). The number of methoxy groups -OCH3 is 3. The molecule has 1 N–H and O–H groups in total. The van der Waals surface area contributed by atoms with E-state index in [0.29, 0.717) is 0 Å².